The fraction of sp³-hybridized carbons (Fsp3) is 0.533. The van der Waals surface area contributed by atoms with Gasteiger partial charge in [0.25, 0.3) is 0 Å². The van der Waals surface area contributed by atoms with Gasteiger partial charge in [0.2, 0.25) is 15.9 Å². The molecule has 0 atom stereocenters. The van der Waals surface area contributed by atoms with Crippen molar-refractivity contribution in [3.05, 3.63) is 28.2 Å². The highest BCUT2D eigenvalue weighted by molar-refractivity contribution is 7.92. The van der Waals surface area contributed by atoms with E-state index in [2.05, 4.69) is 10.2 Å². The Morgan fingerprint density at radius 1 is 1.29 bits per heavy atom. The number of sulfonamides is 1. The number of carbonyl (C=O) groups excluding carboxylic acids is 1. The normalized spacial score (nSPS) is 16.8. The van der Waals surface area contributed by atoms with Crippen LogP contribution in [0.4, 0.5) is 5.69 Å². The number of amides is 1. The highest BCUT2D eigenvalue weighted by Crippen LogP contribution is 2.28. The van der Waals surface area contributed by atoms with Crippen LogP contribution in [0.2, 0.25) is 10.0 Å². The topological polar surface area (TPSA) is 69.7 Å². The number of carbonyl (C=O) groups is 1. The van der Waals surface area contributed by atoms with Crippen molar-refractivity contribution in [2.24, 2.45) is 0 Å². The van der Waals surface area contributed by atoms with Crippen molar-refractivity contribution >= 4 is 44.8 Å². The van der Waals surface area contributed by atoms with E-state index in [4.69, 9.17) is 23.2 Å². The zero-order chi connectivity index (χ0) is 17.9. The molecule has 1 aromatic rings. The molecule has 2 rings (SSSR count). The molecule has 6 nitrogen and oxygen atoms in total. The maximum Gasteiger partial charge on any atom is 0.240 e. The van der Waals surface area contributed by atoms with E-state index in [0.717, 1.165) is 36.5 Å². The van der Waals surface area contributed by atoms with E-state index in [1.165, 1.54) is 18.2 Å². The lowest BCUT2D eigenvalue weighted by Gasteiger charge is -2.30. The van der Waals surface area contributed by atoms with Gasteiger partial charge in [0, 0.05) is 6.04 Å². The van der Waals surface area contributed by atoms with Crippen LogP contribution in [0.5, 0.6) is 0 Å². The fourth-order valence-electron chi connectivity index (χ4n) is 2.60. The molecule has 1 aromatic carbocycles. The van der Waals surface area contributed by atoms with E-state index < -0.39 is 10.0 Å². The van der Waals surface area contributed by atoms with Crippen LogP contribution < -0.4 is 9.62 Å². The number of rotatable bonds is 5. The lowest BCUT2D eigenvalue weighted by molar-refractivity contribution is -0.120. The number of nitrogens with zero attached hydrogens (tertiary/aromatic N) is 2. The summed E-state index contributed by atoms with van der Waals surface area (Å²) in [5.41, 5.74) is 0.311. The Morgan fingerprint density at radius 3 is 2.46 bits per heavy atom. The molecule has 1 saturated heterocycles. The molecule has 1 aliphatic rings. The van der Waals surface area contributed by atoms with Crippen LogP contribution in [0.1, 0.15) is 12.8 Å². The molecule has 0 aromatic heterocycles. The molecule has 1 heterocycles. The third-order valence-corrected chi connectivity index (χ3v) is 5.84. The second-order valence-corrected chi connectivity index (χ2v) is 8.73. The molecule has 0 radical (unpaired) electrons. The van der Waals surface area contributed by atoms with Crippen LogP contribution in [0.15, 0.2) is 18.2 Å². The molecule has 0 unspecified atom stereocenters. The van der Waals surface area contributed by atoms with Crippen LogP contribution in [-0.4, -0.2) is 58.2 Å². The first-order valence-corrected chi connectivity index (χ1v) is 10.2. The van der Waals surface area contributed by atoms with Gasteiger partial charge < -0.3 is 10.2 Å². The van der Waals surface area contributed by atoms with E-state index in [9.17, 15) is 13.2 Å². The number of hydrogen-bond acceptors (Lipinski definition) is 4. The van der Waals surface area contributed by atoms with Gasteiger partial charge in [-0.15, -0.1) is 0 Å². The minimum Gasteiger partial charge on any atom is -0.352 e. The van der Waals surface area contributed by atoms with Gasteiger partial charge in [-0.05, 0) is 51.2 Å². The molecule has 134 valence electrons. The first kappa shape index (κ1) is 19.3. The molecule has 1 amide bonds. The van der Waals surface area contributed by atoms with Crippen molar-refractivity contribution < 1.29 is 13.2 Å². The maximum absolute atomic E-state index is 12.3. The van der Waals surface area contributed by atoms with Crippen LogP contribution in [0, 0.1) is 0 Å². The van der Waals surface area contributed by atoms with E-state index in [1.54, 1.807) is 0 Å². The largest absolute Gasteiger partial charge is 0.352 e. The summed E-state index contributed by atoms with van der Waals surface area (Å²) in [5, 5.41) is 3.47. The van der Waals surface area contributed by atoms with Gasteiger partial charge in [0.15, 0.2) is 0 Å². The van der Waals surface area contributed by atoms with E-state index in [0.29, 0.717) is 10.7 Å². The predicted molar refractivity (Wildman–Crippen MR) is 97.3 cm³/mol. The quantitative estimate of drug-likeness (QED) is 0.829. The number of anilines is 1. The lowest BCUT2D eigenvalue weighted by Crippen LogP contribution is -2.47. The minimum atomic E-state index is -3.63. The first-order valence-electron chi connectivity index (χ1n) is 7.57. The lowest BCUT2D eigenvalue weighted by atomic mass is 10.1. The van der Waals surface area contributed by atoms with Crippen molar-refractivity contribution in [2.45, 2.75) is 18.9 Å². The summed E-state index contributed by atoms with van der Waals surface area (Å²) in [6, 6.07) is 4.54. The molecular weight excluding hydrogens is 373 g/mol. The number of nitrogens with one attached hydrogen (secondary N) is 1. The fourth-order valence-corrected chi connectivity index (χ4v) is 3.74. The Hall–Kier alpha value is -1.02. The smallest absolute Gasteiger partial charge is 0.240 e. The number of benzene rings is 1. The monoisotopic (exact) mass is 393 g/mol. The Balaban J connectivity index is 2.09. The Kier molecular flexibility index (Phi) is 6.36. The molecule has 24 heavy (non-hydrogen) atoms. The van der Waals surface area contributed by atoms with Gasteiger partial charge >= 0.3 is 0 Å². The molecule has 1 N–H and O–H groups in total. The van der Waals surface area contributed by atoms with Gasteiger partial charge in [-0.3, -0.25) is 9.10 Å². The Morgan fingerprint density at radius 2 is 1.92 bits per heavy atom. The third-order valence-electron chi connectivity index (χ3n) is 3.96. The Bertz CT molecular complexity index is 704. The van der Waals surface area contributed by atoms with Gasteiger partial charge in [0.05, 0.1) is 22.0 Å². The number of hydrogen-bond donors (Lipinski definition) is 1. The second kappa shape index (κ2) is 7.91. The predicted octanol–water partition coefficient (Wildman–Crippen LogP) is 1.97. The standard InChI is InChI=1S/C15H21Cl2N3O3S/c1-19-7-5-11(6-8-19)18-15(21)10-20(24(2,22)23)12-3-4-13(16)14(17)9-12/h3-4,9,11H,5-8,10H2,1-2H3,(H,18,21). The average Bonchev–Trinajstić information content (AvgIpc) is 2.49. The van der Waals surface area contributed by atoms with Gasteiger partial charge in [0.1, 0.15) is 6.54 Å². The third kappa shape index (κ3) is 5.24. The van der Waals surface area contributed by atoms with E-state index in [-0.39, 0.29) is 23.5 Å². The number of likely N-dealkylation sites (tertiary alicyclic amines) is 1. The van der Waals surface area contributed by atoms with Crippen molar-refractivity contribution in [1.29, 1.82) is 0 Å². The second-order valence-electron chi connectivity index (χ2n) is 6.01. The van der Waals surface area contributed by atoms with E-state index in [1.807, 2.05) is 7.05 Å². The van der Waals surface area contributed by atoms with Gasteiger partial charge in [-0.2, -0.15) is 0 Å². The number of piperidine rings is 1. The summed E-state index contributed by atoms with van der Waals surface area (Å²) >= 11 is 11.8. The van der Waals surface area contributed by atoms with Crippen LogP contribution in [0.3, 0.4) is 0 Å². The average molecular weight is 394 g/mol. The zero-order valence-corrected chi connectivity index (χ0v) is 16.0. The highest BCUT2D eigenvalue weighted by atomic mass is 35.5. The van der Waals surface area contributed by atoms with Crippen LogP contribution >= 0.6 is 23.2 Å². The molecule has 0 bridgehead atoms. The summed E-state index contributed by atoms with van der Waals surface area (Å²) in [7, 11) is -1.59. The van der Waals surface area contributed by atoms with Crippen molar-refractivity contribution in [1.82, 2.24) is 10.2 Å². The molecule has 1 aliphatic heterocycles. The molecule has 0 aliphatic carbocycles. The maximum atomic E-state index is 12.3. The van der Waals surface area contributed by atoms with Gasteiger partial charge in [-0.25, -0.2) is 8.42 Å². The Labute approximate surface area is 152 Å². The summed E-state index contributed by atoms with van der Waals surface area (Å²) in [6.45, 7) is 1.53. The minimum absolute atomic E-state index is 0.0731. The van der Waals surface area contributed by atoms with E-state index >= 15 is 0 Å². The summed E-state index contributed by atoms with van der Waals surface area (Å²) in [5.74, 6) is -0.332. The van der Waals surface area contributed by atoms with Crippen LogP contribution in [0.25, 0.3) is 0 Å². The molecule has 1 fully saturated rings. The SMILES string of the molecule is CN1CCC(NC(=O)CN(c2ccc(Cl)c(Cl)c2)S(C)(=O)=O)CC1. The van der Waals surface area contributed by atoms with Gasteiger partial charge in [-0.1, -0.05) is 23.2 Å². The van der Waals surface area contributed by atoms with Crippen LogP contribution in [-0.2, 0) is 14.8 Å². The first-order chi connectivity index (χ1) is 11.2. The summed E-state index contributed by atoms with van der Waals surface area (Å²) < 4.78 is 25.2. The number of halogens is 2. The molecular formula is C15H21Cl2N3O3S. The van der Waals surface area contributed by atoms with Crippen molar-refractivity contribution in [3.8, 4) is 0 Å². The zero-order valence-electron chi connectivity index (χ0n) is 13.6. The van der Waals surface area contributed by atoms with Crippen molar-refractivity contribution in [3.63, 3.8) is 0 Å². The summed E-state index contributed by atoms with van der Waals surface area (Å²) in [6.07, 6.45) is 2.76. The molecule has 9 heteroatoms. The molecule has 0 saturated carbocycles. The molecule has 0 spiro atoms. The van der Waals surface area contributed by atoms with Crippen molar-refractivity contribution in [2.75, 3.05) is 37.2 Å². The summed E-state index contributed by atoms with van der Waals surface area (Å²) in [4.78, 5) is 14.5. The highest BCUT2D eigenvalue weighted by Gasteiger charge is 2.24.